The largest absolute Gasteiger partial charge is 0.325 e. The molecule has 2 N–H and O–H groups in total. The van der Waals surface area contributed by atoms with Gasteiger partial charge in [0.2, 0.25) is 0 Å². The summed E-state index contributed by atoms with van der Waals surface area (Å²) in [7, 11) is 0. The Morgan fingerprint density at radius 2 is 1.21 bits per heavy atom. The number of nitrogens with two attached hydrogens (primary N) is 1. The van der Waals surface area contributed by atoms with E-state index in [4.69, 9.17) is 5.73 Å². The standard InChI is InChI=1S/C13H27N/c1-10(2)13(14)8-11(3,4)7-12(5,6)9-13/h10H,7-9,14H2,1-6H3. The van der Waals surface area contributed by atoms with E-state index in [1.165, 1.54) is 19.3 Å². The van der Waals surface area contributed by atoms with Crippen LogP contribution in [0.15, 0.2) is 0 Å². The van der Waals surface area contributed by atoms with Crippen molar-refractivity contribution in [3.05, 3.63) is 0 Å². The van der Waals surface area contributed by atoms with Crippen LogP contribution >= 0.6 is 0 Å². The van der Waals surface area contributed by atoms with Crippen molar-refractivity contribution in [2.75, 3.05) is 0 Å². The van der Waals surface area contributed by atoms with Crippen molar-refractivity contribution in [3.63, 3.8) is 0 Å². The van der Waals surface area contributed by atoms with Gasteiger partial charge in [-0.15, -0.1) is 0 Å². The van der Waals surface area contributed by atoms with E-state index in [2.05, 4.69) is 41.5 Å². The predicted octanol–water partition coefficient (Wildman–Crippen LogP) is 3.58. The highest BCUT2D eigenvalue weighted by Crippen LogP contribution is 2.51. The van der Waals surface area contributed by atoms with Gasteiger partial charge in [-0.25, -0.2) is 0 Å². The normalized spacial score (nSPS) is 29.1. The molecule has 1 heteroatoms. The lowest BCUT2D eigenvalue weighted by molar-refractivity contribution is 0.0258. The maximum Gasteiger partial charge on any atom is 0.0187 e. The van der Waals surface area contributed by atoms with Gasteiger partial charge in [0, 0.05) is 5.54 Å². The maximum absolute atomic E-state index is 6.55. The zero-order chi connectivity index (χ0) is 11.2. The molecule has 0 radical (unpaired) electrons. The smallest absolute Gasteiger partial charge is 0.0187 e. The number of hydrogen-bond acceptors (Lipinski definition) is 1. The molecule has 0 atom stereocenters. The van der Waals surface area contributed by atoms with Crippen LogP contribution < -0.4 is 5.73 Å². The first-order chi connectivity index (χ1) is 6.06. The van der Waals surface area contributed by atoms with Crippen molar-refractivity contribution in [1.29, 1.82) is 0 Å². The lowest BCUT2D eigenvalue weighted by Crippen LogP contribution is -2.55. The van der Waals surface area contributed by atoms with E-state index in [9.17, 15) is 0 Å². The topological polar surface area (TPSA) is 26.0 Å². The van der Waals surface area contributed by atoms with Crippen LogP contribution in [-0.4, -0.2) is 5.54 Å². The van der Waals surface area contributed by atoms with Gasteiger partial charge in [0.25, 0.3) is 0 Å². The first kappa shape index (κ1) is 12.0. The van der Waals surface area contributed by atoms with Gasteiger partial charge in [-0.05, 0) is 36.0 Å². The van der Waals surface area contributed by atoms with Crippen LogP contribution in [0.2, 0.25) is 0 Å². The molecule has 0 aromatic rings. The van der Waals surface area contributed by atoms with Crippen molar-refractivity contribution < 1.29 is 0 Å². The third-order valence-electron chi connectivity index (χ3n) is 3.72. The summed E-state index contributed by atoms with van der Waals surface area (Å²) in [4.78, 5) is 0. The number of hydrogen-bond donors (Lipinski definition) is 1. The molecule has 1 fully saturated rings. The minimum Gasteiger partial charge on any atom is -0.325 e. The van der Waals surface area contributed by atoms with Crippen LogP contribution in [0.1, 0.15) is 60.8 Å². The van der Waals surface area contributed by atoms with Crippen molar-refractivity contribution in [2.24, 2.45) is 22.5 Å². The lowest BCUT2D eigenvalue weighted by atomic mass is 9.56. The van der Waals surface area contributed by atoms with Gasteiger partial charge in [0.1, 0.15) is 0 Å². The first-order valence-electron chi connectivity index (χ1n) is 5.85. The summed E-state index contributed by atoms with van der Waals surface area (Å²) in [5, 5.41) is 0. The highest BCUT2D eigenvalue weighted by Gasteiger charge is 2.46. The van der Waals surface area contributed by atoms with Crippen molar-refractivity contribution in [1.82, 2.24) is 0 Å². The molecule has 84 valence electrons. The molecule has 0 aliphatic heterocycles. The Morgan fingerprint density at radius 1 is 0.857 bits per heavy atom. The van der Waals surface area contributed by atoms with Gasteiger partial charge < -0.3 is 5.73 Å². The van der Waals surface area contributed by atoms with Crippen molar-refractivity contribution >= 4 is 0 Å². The zero-order valence-electron chi connectivity index (χ0n) is 10.8. The molecular formula is C13H27N. The first-order valence-corrected chi connectivity index (χ1v) is 5.85. The predicted molar refractivity (Wildman–Crippen MR) is 63.2 cm³/mol. The average molecular weight is 197 g/mol. The molecule has 1 aliphatic carbocycles. The van der Waals surface area contributed by atoms with E-state index < -0.39 is 0 Å². The highest BCUT2D eigenvalue weighted by molar-refractivity contribution is 5.02. The van der Waals surface area contributed by atoms with E-state index in [-0.39, 0.29) is 5.54 Å². The SMILES string of the molecule is CC(C)C1(N)CC(C)(C)CC(C)(C)C1. The summed E-state index contributed by atoms with van der Waals surface area (Å²) < 4.78 is 0. The third-order valence-corrected chi connectivity index (χ3v) is 3.72. The van der Waals surface area contributed by atoms with Crippen LogP contribution in [0.3, 0.4) is 0 Å². The molecule has 0 saturated heterocycles. The molecule has 0 heterocycles. The minimum atomic E-state index is 0.0469. The van der Waals surface area contributed by atoms with Crippen molar-refractivity contribution in [3.8, 4) is 0 Å². The van der Waals surface area contributed by atoms with E-state index in [1.807, 2.05) is 0 Å². The van der Waals surface area contributed by atoms with Crippen LogP contribution in [0, 0.1) is 16.7 Å². The molecule has 0 amide bonds. The summed E-state index contributed by atoms with van der Waals surface area (Å²) in [5.74, 6) is 0.585. The molecule has 1 nitrogen and oxygen atoms in total. The molecule has 1 rings (SSSR count). The van der Waals surface area contributed by atoms with E-state index in [1.54, 1.807) is 0 Å². The second-order valence-electron chi connectivity index (χ2n) is 7.25. The lowest BCUT2D eigenvalue weighted by Gasteiger charge is -2.52. The fourth-order valence-electron chi connectivity index (χ4n) is 3.67. The highest BCUT2D eigenvalue weighted by atomic mass is 14.8. The Morgan fingerprint density at radius 3 is 1.50 bits per heavy atom. The van der Waals surface area contributed by atoms with Gasteiger partial charge in [-0.1, -0.05) is 41.5 Å². The third kappa shape index (κ3) is 2.50. The molecule has 1 aliphatic rings. The molecule has 0 aromatic carbocycles. The second-order valence-corrected chi connectivity index (χ2v) is 7.25. The Bertz CT molecular complexity index is 197. The fourth-order valence-corrected chi connectivity index (χ4v) is 3.67. The van der Waals surface area contributed by atoms with Gasteiger partial charge in [0.05, 0.1) is 0 Å². The summed E-state index contributed by atoms with van der Waals surface area (Å²) in [6, 6.07) is 0. The van der Waals surface area contributed by atoms with Gasteiger partial charge in [-0.3, -0.25) is 0 Å². The summed E-state index contributed by atoms with van der Waals surface area (Å²) in [6.07, 6.45) is 3.63. The van der Waals surface area contributed by atoms with Crippen LogP contribution in [0.25, 0.3) is 0 Å². The molecule has 0 unspecified atom stereocenters. The van der Waals surface area contributed by atoms with E-state index in [0.717, 1.165) is 0 Å². The monoisotopic (exact) mass is 197 g/mol. The van der Waals surface area contributed by atoms with Gasteiger partial charge >= 0.3 is 0 Å². The molecule has 0 spiro atoms. The minimum absolute atomic E-state index is 0.0469. The Hall–Kier alpha value is -0.0400. The molecule has 0 aromatic heterocycles. The van der Waals surface area contributed by atoms with E-state index >= 15 is 0 Å². The fraction of sp³-hybridized carbons (Fsp3) is 1.00. The Balaban J connectivity index is 2.92. The quantitative estimate of drug-likeness (QED) is 0.683. The Labute approximate surface area is 89.5 Å². The maximum atomic E-state index is 6.55. The molecule has 0 bridgehead atoms. The van der Waals surface area contributed by atoms with Crippen molar-refractivity contribution in [2.45, 2.75) is 66.3 Å². The summed E-state index contributed by atoms with van der Waals surface area (Å²) in [5.41, 5.74) is 7.41. The average Bonchev–Trinajstić information content (AvgIpc) is 1.76. The molecule has 1 saturated carbocycles. The zero-order valence-corrected chi connectivity index (χ0v) is 10.8. The summed E-state index contributed by atoms with van der Waals surface area (Å²) in [6.45, 7) is 14.0. The van der Waals surface area contributed by atoms with Gasteiger partial charge in [-0.2, -0.15) is 0 Å². The van der Waals surface area contributed by atoms with Crippen LogP contribution in [-0.2, 0) is 0 Å². The summed E-state index contributed by atoms with van der Waals surface area (Å²) >= 11 is 0. The van der Waals surface area contributed by atoms with E-state index in [0.29, 0.717) is 16.7 Å². The van der Waals surface area contributed by atoms with Crippen LogP contribution in [0.5, 0.6) is 0 Å². The van der Waals surface area contributed by atoms with Gasteiger partial charge in [0.15, 0.2) is 0 Å². The molecule has 14 heavy (non-hydrogen) atoms. The second kappa shape index (κ2) is 3.23. The number of rotatable bonds is 1. The Kier molecular flexibility index (Phi) is 2.78. The molecular weight excluding hydrogens is 170 g/mol. The van der Waals surface area contributed by atoms with Crippen LogP contribution in [0.4, 0.5) is 0 Å².